The summed E-state index contributed by atoms with van der Waals surface area (Å²) in [6.45, 7) is 6.04. The molecule has 8 heteroatoms. The molecule has 1 saturated heterocycles. The van der Waals surface area contributed by atoms with Crippen LogP contribution in [0.25, 0.3) is 11.5 Å². The fraction of sp³-hybridized carbons (Fsp3) is 0.500. The Hall–Kier alpha value is -2.58. The van der Waals surface area contributed by atoms with Crippen molar-refractivity contribution < 1.29 is 9.26 Å². The van der Waals surface area contributed by atoms with E-state index in [4.69, 9.17) is 9.26 Å². The largest absolute Gasteiger partial charge is 0.368 e. The van der Waals surface area contributed by atoms with E-state index < -0.39 is 5.60 Å². The molecule has 0 spiro atoms. The quantitative estimate of drug-likeness (QED) is 0.621. The molecule has 0 saturated carbocycles. The SMILES string of the molecule is CCCn1ccc(CN2CCC(OC)(c3nc(-c4cnccn4)no3)CC2)c1. The van der Waals surface area contributed by atoms with Crippen molar-refractivity contribution in [3.05, 3.63) is 48.5 Å². The first-order chi connectivity index (χ1) is 13.7. The topological polar surface area (TPSA) is 82.1 Å². The minimum absolute atomic E-state index is 0.444. The van der Waals surface area contributed by atoms with Crippen LogP contribution >= 0.6 is 0 Å². The Balaban J connectivity index is 1.42. The van der Waals surface area contributed by atoms with Gasteiger partial charge in [0.05, 0.1) is 6.20 Å². The zero-order chi connectivity index (χ0) is 19.4. The molecule has 0 N–H and O–H groups in total. The molecule has 4 rings (SSSR count). The van der Waals surface area contributed by atoms with Crippen LogP contribution in [-0.2, 0) is 23.4 Å². The van der Waals surface area contributed by atoms with Crippen molar-refractivity contribution >= 4 is 0 Å². The van der Waals surface area contributed by atoms with Gasteiger partial charge >= 0.3 is 0 Å². The van der Waals surface area contributed by atoms with Gasteiger partial charge in [-0.2, -0.15) is 4.98 Å². The maximum Gasteiger partial charge on any atom is 0.259 e. The number of piperidine rings is 1. The first kappa shape index (κ1) is 18.8. The van der Waals surface area contributed by atoms with E-state index in [1.54, 1.807) is 25.7 Å². The average molecular weight is 382 g/mol. The van der Waals surface area contributed by atoms with Gasteiger partial charge in [-0.1, -0.05) is 12.1 Å². The van der Waals surface area contributed by atoms with Crippen LogP contribution in [0.1, 0.15) is 37.6 Å². The summed E-state index contributed by atoms with van der Waals surface area (Å²) in [6.07, 6.45) is 12.0. The number of hydrogen-bond donors (Lipinski definition) is 0. The number of nitrogens with zero attached hydrogens (tertiary/aromatic N) is 6. The summed E-state index contributed by atoms with van der Waals surface area (Å²) in [6, 6.07) is 2.21. The molecule has 3 aromatic rings. The third-order valence-corrected chi connectivity index (χ3v) is 5.36. The fourth-order valence-electron chi connectivity index (χ4n) is 3.74. The van der Waals surface area contributed by atoms with Gasteiger partial charge in [0, 0.05) is 58.1 Å². The number of aryl methyl sites for hydroxylation is 1. The lowest BCUT2D eigenvalue weighted by Gasteiger charge is -2.38. The third-order valence-electron chi connectivity index (χ3n) is 5.36. The number of aromatic nitrogens is 5. The number of rotatable bonds is 7. The van der Waals surface area contributed by atoms with E-state index in [0.717, 1.165) is 45.4 Å². The summed E-state index contributed by atoms with van der Waals surface area (Å²) in [5.74, 6) is 0.962. The van der Waals surface area contributed by atoms with Gasteiger partial charge in [0.1, 0.15) is 11.3 Å². The number of ether oxygens (including phenoxy) is 1. The molecule has 0 atom stereocenters. The predicted octanol–water partition coefficient (Wildman–Crippen LogP) is 2.88. The Bertz CT molecular complexity index is 883. The van der Waals surface area contributed by atoms with Gasteiger partial charge in [-0.05, 0) is 30.9 Å². The van der Waals surface area contributed by atoms with Gasteiger partial charge in [-0.15, -0.1) is 0 Å². The van der Waals surface area contributed by atoms with E-state index in [-0.39, 0.29) is 0 Å². The number of likely N-dealkylation sites (tertiary alicyclic amines) is 1. The number of hydrogen-bond acceptors (Lipinski definition) is 7. The minimum Gasteiger partial charge on any atom is -0.368 e. The highest BCUT2D eigenvalue weighted by Gasteiger charge is 2.41. The van der Waals surface area contributed by atoms with E-state index in [0.29, 0.717) is 17.4 Å². The molecule has 0 unspecified atom stereocenters. The van der Waals surface area contributed by atoms with Crippen molar-refractivity contribution in [3.8, 4) is 11.5 Å². The van der Waals surface area contributed by atoms with Crippen molar-refractivity contribution in [3.63, 3.8) is 0 Å². The lowest BCUT2D eigenvalue weighted by Crippen LogP contribution is -2.43. The molecule has 28 heavy (non-hydrogen) atoms. The van der Waals surface area contributed by atoms with Crippen molar-refractivity contribution in [2.24, 2.45) is 0 Å². The Morgan fingerprint density at radius 1 is 1.25 bits per heavy atom. The Morgan fingerprint density at radius 2 is 2.11 bits per heavy atom. The standard InChI is InChI=1S/C20H26N6O2/c1-3-9-25-10-4-16(14-25)15-26-11-5-20(27-2,6-12-26)19-23-18(24-28-19)17-13-21-7-8-22-17/h4,7-8,10,13-14H,3,5-6,9,11-12,15H2,1-2H3. The van der Waals surface area contributed by atoms with E-state index in [1.165, 1.54) is 5.56 Å². The normalized spacial score (nSPS) is 17.1. The molecule has 0 aromatic carbocycles. The van der Waals surface area contributed by atoms with Crippen molar-refractivity contribution in [2.75, 3.05) is 20.2 Å². The molecule has 0 bridgehead atoms. The maximum atomic E-state index is 5.89. The van der Waals surface area contributed by atoms with Gasteiger partial charge in [0.15, 0.2) is 0 Å². The van der Waals surface area contributed by atoms with E-state index in [2.05, 4.69) is 55.0 Å². The van der Waals surface area contributed by atoms with Crippen molar-refractivity contribution in [2.45, 2.75) is 44.9 Å². The van der Waals surface area contributed by atoms with Crippen LogP contribution in [0.4, 0.5) is 0 Å². The predicted molar refractivity (Wildman–Crippen MR) is 103 cm³/mol. The van der Waals surface area contributed by atoms with Crippen LogP contribution in [0, 0.1) is 0 Å². The molecule has 1 fully saturated rings. The highest BCUT2D eigenvalue weighted by atomic mass is 16.5. The highest BCUT2D eigenvalue weighted by molar-refractivity contribution is 5.45. The van der Waals surface area contributed by atoms with Crippen LogP contribution in [0.15, 0.2) is 41.6 Å². The van der Waals surface area contributed by atoms with Crippen LogP contribution in [0.5, 0.6) is 0 Å². The average Bonchev–Trinajstić information content (AvgIpc) is 3.40. The summed E-state index contributed by atoms with van der Waals surface area (Å²) in [5.41, 5.74) is 1.40. The van der Waals surface area contributed by atoms with Crippen LogP contribution < -0.4 is 0 Å². The monoisotopic (exact) mass is 382 g/mol. The lowest BCUT2D eigenvalue weighted by molar-refractivity contribution is -0.0838. The molecule has 0 aliphatic carbocycles. The zero-order valence-corrected chi connectivity index (χ0v) is 16.4. The molecule has 3 aromatic heterocycles. The van der Waals surface area contributed by atoms with E-state index in [1.807, 2.05) is 0 Å². The fourth-order valence-corrected chi connectivity index (χ4v) is 3.74. The molecule has 0 radical (unpaired) electrons. The molecular weight excluding hydrogens is 356 g/mol. The summed E-state index contributed by atoms with van der Waals surface area (Å²) in [5, 5.41) is 4.08. The van der Waals surface area contributed by atoms with Gasteiger partial charge in [-0.25, -0.2) is 4.98 Å². The summed E-state index contributed by atoms with van der Waals surface area (Å²) in [4.78, 5) is 15.3. The van der Waals surface area contributed by atoms with E-state index in [9.17, 15) is 0 Å². The second kappa shape index (κ2) is 8.20. The summed E-state index contributed by atoms with van der Waals surface area (Å²) >= 11 is 0. The zero-order valence-electron chi connectivity index (χ0n) is 16.4. The molecule has 8 nitrogen and oxygen atoms in total. The molecule has 1 aliphatic rings. The van der Waals surface area contributed by atoms with Gasteiger partial charge in [0.2, 0.25) is 5.82 Å². The maximum absolute atomic E-state index is 5.89. The van der Waals surface area contributed by atoms with Gasteiger partial charge in [-0.3, -0.25) is 9.88 Å². The second-order valence-electron chi connectivity index (χ2n) is 7.25. The molecule has 148 valence electrons. The van der Waals surface area contributed by atoms with Crippen molar-refractivity contribution in [1.82, 2.24) is 29.6 Å². The first-order valence-electron chi connectivity index (χ1n) is 9.75. The molecule has 1 aliphatic heterocycles. The van der Waals surface area contributed by atoms with E-state index >= 15 is 0 Å². The summed E-state index contributed by atoms with van der Waals surface area (Å²) < 4.78 is 13.7. The number of methoxy groups -OCH3 is 1. The van der Waals surface area contributed by atoms with Crippen LogP contribution in [-0.4, -0.2) is 49.8 Å². The van der Waals surface area contributed by atoms with Gasteiger partial charge in [0.25, 0.3) is 5.89 Å². The van der Waals surface area contributed by atoms with Crippen LogP contribution in [0.2, 0.25) is 0 Å². The molecular formula is C20H26N6O2. The summed E-state index contributed by atoms with van der Waals surface area (Å²) in [7, 11) is 1.71. The highest BCUT2D eigenvalue weighted by Crippen LogP contribution is 2.36. The van der Waals surface area contributed by atoms with Gasteiger partial charge < -0.3 is 13.8 Å². The molecule has 0 amide bonds. The molecule has 4 heterocycles. The Labute approximate surface area is 164 Å². The first-order valence-corrected chi connectivity index (χ1v) is 9.75. The smallest absolute Gasteiger partial charge is 0.259 e. The Kier molecular flexibility index (Phi) is 5.50. The minimum atomic E-state index is -0.544. The van der Waals surface area contributed by atoms with Crippen molar-refractivity contribution in [1.29, 1.82) is 0 Å². The third kappa shape index (κ3) is 3.83. The van der Waals surface area contributed by atoms with Crippen LogP contribution in [0.3, 0.4) is 0 Å². The lowest BCUT2D eigenvalue weighted by atomic mass is 9.90. The Morgan fingerprint density at radius 3 is 2.82 bits per heavy atom. The second-order valence-corrected chi connectivity index (χ2v) is 7.25.